The van der Waals surface area contributed by atoms with Crippen molar-refractivity contribution in [3.8, 4) is 34.5 Å². The highest BCUT2D eigenvalue weighted by Gasteiger charge is 2.12. The normalized spacial score (nSPS) is 11.3. The van der Waals surface area contributed by atoms with Crippen LogP contribution in [0.2, 0.25) is 0 Å². The molecule has 1 amide bonds. The van der Waals surface area contributed by atoms with E-state index in [9.17, 15) is 24.9 Å². The Labute approximate surface area is 740 Å². The van der Waals surface area contributed by atoms with Gasteiger partial charge in [0.25, 0.3) is 0 Å². The standard InChI is InChI=1S/C22H30O3.C21H28O3.C20H26O3.C16H25NO2.C16H24O2.C12H18O2/c1-2-10-22(23)20-13-9-14-21(17-20)25-16-8-4-7-15-24-18-19-11-5-3-6-12-19;1-2-9-21(22)19-12-8-13-20(16-19)24-15-7-6-14-23-17-18-10-4-3-5-11-18;1-2-8-20(21)18-11-6-12-19(15-18)23-14-7-13-22-16-17-9-4-3-5-10-17;1-4-5-8-14-9-6-10-15(13-14)19-12-7-11-16(18)17(2)3;1-3-5-8-14-9-6-11-16(13-14)18-12-7-10-15(17)4-2;1-2-3-5-11-6-4-7-12(10-11)14-9-8-13/h3,5-6,9,11-14,17,22-23H,2,4,7-8,10,15-16,18H2,1H3;3-5,8,10-13,16,21-22H,2,6-7,9,14-15,17H2,1H3;3-6,9-12,15,20-21H,2,7-8,13-14,16H2,1H3;6,9-10,13H,4-5,7-8,11-12H2,1-3H3;6,9,11,13H,3-5,7-8,10,12H2,1-2H3;4,6-7,10,13H,2-3,5,8-9H2,1H3. The fourth-order valence-electron chi connectivity index (χ4n) is 12.5. The fourth-order valence-corrected chi connectivity index (χ4v) is 12.5. The molecule has 0 fully saturated rings. The fraction of sp³-hybridized carbons (Fsp3) is 0.477. The highest BCUT2D eigenvalue weighted by molar-refractivity contribution is 5.78. The van der Waals surface area contributed by atoms with Gasteiger partial charge in [-0.15, -0.1) is 0 Å². The maximum Gasteiger partial charge on any atom is 0.222 e. The van der Waals surface area contributed by atoms with Crippen LogP contribution in [0.1, 0.15) is 265 Å². The zero-order valence-corrected chi connectivity index (χ0v) is 76.1. The van der Waals surface area contributed by atoms with Gasteiger partial charge in [-0.3, -0.25) is 9.59 Å². The number of benzene rings is 9. The molecule has 3 atom stereocenters. The van der Waals surface area contributed by atoms with Gasteiger partial charge < -0.3 is 68.0 Å². The number of unbranched alkanes of at least 4 members (excludes halogenated alkanes) is 6. The van der Waals surface area contributed by atoms with Gasteiger partial charge in [-0.1, -0.05) is 251 Å². The Balaban J connectivity index is 0.000000313. The Morgan fingerprint density at radius 1 is 0.293 bits per heavy atom. The molecule has 3 unspecified atom stereocenters. The van der Waals surface area contributed by atoms with Gasteiger partial charge in [0, 0.05) is 53.0 Å². The Morgan fingerprint density at radius 3 is 0.911 bits per heavy atom. The van der Waals surface area contributed by atoms with Gasteiger partial charge in [0.15, 0.2) is 0 Å². The van der Waals surface area contributed by atoms with Gasteiger partial charge in [0.05, 0.1) is 84.4 Å². The van der Waals surface area contributed by atoms with Crippen LogP contribution in [0.3, 0.4) is 0 Å². The monoisotopic (exact) mass is 1690 g/mol. The summed E-state index contributed by atoms with van der Waals surface area (Å²) in [6, 6.07) is 78.5. The maximum atomic E-state index is 11.4. The first-order chi connectivity index (χ1) is 60.1. The van der Waals surface area contributed by atoms with E-state index in [0.717, 1.165) is 174 Å². The molecule has 0 saturated heterocycles. The van der Waals surface area contributed by atoms with Crippen molar-refractivity contribution in [3.63, 3.8) is 0 Å². The molecule has 9 aromatic rings. The zero-order valence-electron chi connectivity index (χ0n) is 76.1. The van der Waals surface area contributed by atoms with E-state index in [1.807, 2.05) is 177 Å². The zero-order chi connectivity index (χ0) is 88.6. The summed E-state index contributed by atoms with van der Waals surface area (Å²) in [6.07, 6.45) is 23.9. The number of amides is 1. The molecule has 0 aliphatic carbocycles. The topological polar surface area (TPSA) is 201 Å². The van der Waals surface area contributed by atoms with Crippen molar-refractivity contribution in [1.82, 2.24) is 4.90 Å². The average molecular weight is 1690 g/mol. The van der Waals surface area contributed by atoms with Crippen molar-refractivity contribution in [2.45, 2.75) is 254 Å². The summed E-state index contributed by atoms with van der Waals surface area (Å²) in [4.78, 5) is 24.2. The van der Waals surface area contributed by atoms with Gasteiger partial charge >= 0.3 is 0 Å². The number of nitrogens with zero attached hydrogens (tertiary/aromatic N) is 1. The van der Waals surface area contributed by atoms with E-state index in [2.05, 4.69) is 108 Å². The van der Waals surface area contributed by atoms with Crippen LogP contribution in [0.15, 0.2) is 237 Å². The molecule has 0 spiro atoms. The number of hydrogen-bond acceptors (Lipinski definition) is 15. The predicted molar refractivity (Wildman–Crippen MR) is 503 cm³/mol. The molecular weight excluding hydrogens is 1540 g/mol. The minimum absolute atomic E-state index is 0.0686. The van der Waals surface area contributed by atoms with E-state index in [0.29, 0.717) is 91.1 Å². The first-order valence-corrected chi connectivity index (χ1v) is 45.7. The van der Waals surface area contributed by atoms with E-state index in [1.54, 1.807) is 19.0 Å². The van der Waals surface area contributed by atoms with E-state index < -0.39 is 18.3 Å². The quantitative estimate of drug-likeness (QED) is 0.0262. The third-order valence-electron chi connectivity index (χ3n) is 19.7. The molecule has 4 N–H and O–H groups in total. The Morgan fingerprint density at radius 2 is 0.577 bits per heavy atom. The molecular formula is C107H151NO15. The van der Waals surface area contributed by atoms with E-state index in [4.69, 9.17) is 47.7 Å². The summed E-state index contributed by atoms with van der Waals surface area (Å²) < 4.78 is 51.0. The molecule has 0 radical (unpaired) electrons. The molecule has 0 bridgehead atoms. The number of carbonyl (C=O) groups is 2. The maximum absolute atomic E-state index is 11.4. The Hall–Kier alpha value is -9.36. The van der Waals surface area contributed by atoms with Gasteiger partial charge in [0.1, 0.15) is 46.9 Å². The van der Waals surface area contributed by atoms with Gasteiger partial charge in [-0.05, 0) is 226 Å². The van der Waals surface area contributed by atoms with Crippen molar-refractivity contribution >= 4 is 11.7 Å². The third-order valence-corrected chi connectivity index (χ3v) is 19.7. The summed E-state index contributed by atoms with van der Waals surface area (Å²) >= 11 is 0. The van der Waals surface area contributed by atoms with Crippen molar-refractivity contribution in [2.24, 2.45) is 0 Å². The van der Waals surface area contributed by atoms with Crippen LogP contribution in [0.4, 0.5) is 0 Å². The molecule has 16 heteroatoms. The Kier molecular flexibility index (Phi) is 61.2. The van der Waals surface area contributed by atoms with Crippen molar-refractivity contribution in [3.05, 3.63) is 287 Å². The SMILES string of the molecule is CCCC(O)c1cccc(OCCCCCOCc2ccccc2)c1.CCCC(O)c1cccc(OCCCCOCc2ccccc2)c1.CCCC(O)c1cccc(OCCCOCc2ccccc2)c1.CCCCc1cccc(OCCCC(=O)CC)c1.CCCCc1cccc(OCCCC(=O)N(C)C)c1.CCCCc1cccc(OCCO)c1. The van der Waals surface area contributed by atoms with Crippen LogP contribution in [-0.2, 0) is 62.9 Å². The lowest BCUT2D eigenvalue weighted by Crippen LogP contribution is -2.21. The number of aryl methyl sites for hydroxylation is 3. The molecule has 0 aliphatic rings. The van der Waals surface area contributed by atoms with Crippen LogP contribution in [-0.4, -0.2) is 117 Å². The molecule has 123 heavy (non-hydrogen) atoms. The molecule has 9 aromatic carbocycles. The number of carbonyl (C=O) groups excluding carboxylic acids is 2. The number of rotatable bonds is 56. The summed E-state index contributed by atoms with van der Waals surface area (Å²) in [5.74, 6) is 5.63. The second-order valence-corrected chi connectivity index (χ2v) is 30.8. The first-order valence-electron chi connectivity index (χ1n) is 45.7. The van der Waals surface area contributed by atoms with Crippen LogP contribution >= 0.6 is 0 Å². The average Bonchev–Trinajstić information content (AvgIpc) is 0.884. The largest absolute Gasteiger partial charge is 0.494 e. The predicted octanol–water partition coefficient (Wildman–Crippen LogP) is 24.5. The number of hydrogen-bond donors (Lipinski definition) is 4. The molecule has 0 aromatic heterocycles. The van der Waals surface area contributed by atoms with Gasteiger partial charge in [0.2, 0.25) is 5.91 Å². The van der Waals surface area contributed by atoms with E-state index in [-0.39, 0.29) is 12.5 Å². The molecule has 0 aliphatic heterocycles. The van der Waals surface area contributed by atoms with Gasteiger partial charge in [-0.25, -0.2) is 0 Å². The second kappa shape index (κ2) is 71.0. The number of aliphatic hydroxyl groups excluding tert-OH is 4. The molecule has 16 nitrogen and oxygen atoms in total. The van der Waals surface area contributed by atoms with Gasteiger partial charge in [-0.2, -0.15) is 0 Å². The number of aliphatic hydroxyl groups is 4. The first kappa shape index (κ1) is 106. The lowest BCUT2D eigenvalue weighted by molar-refractivity contribution is -0.128. The molecule has 674 valence electrons. The van der Waals surface area contributed by atoms with Crippen LogP contribution < -0.4 is 28.4 Å². The summed E-state index contributed by atoms with van der Waals surface area (Å²) in [6.45, 7) is 22.5. The number of ether oxygens (including phenoxy) is 9. The van der Waals surface area contributed by atoms with Crippen molar-refractivity contribution < 1.29 is 72.6 Å². The molecule has 0 saturated carbocycles. The van der Waals surface area contributed by atoms with Crippen LogP contribution in [0, 0.1) is 0 Å². The molecule has 9 rings (SSSR count). The summed E-state index contributed by atoms with van der Waals surface area (Å²) in [7, 11) is 3.56. The number of Topliss-reactive ketones (excluding diaryl/α,β-unsaturated/α-hetero) is 1. The minimum Gasteiger partial charge on any atom is -0.494 e. The van der Waals surface area contributed by atoms with Crippen LogP contribution in [0.5, 0.6) is 34.5 Å². The van der Waals surface area contributed by atoms with E-state index in [1.165, 1.54) is 71.9 Å². The Bertz CT molecular complexity index is 4010. The van der Waals surface area contributed by atoms with E-state index >= 15 is 0 Å². The summed E-state index contributed by atoms with van der Waals surface area (Å²) in [5, 5.41) is 38.7. The van der Waals surface area contributed by atoms with Crippen LogP contribution in [0.25, 0.3) is 0 Å². The second-order valence-electron chi connectivity index (χ2n) is 30.8. The molecule has 0 heterocycles. The number of ketones is 1. The lowest BCUT2D eigenvalue weighted by atomic mass is 10.1. The summed E-state index contributed by atoms with van der Waals surface area (Å²) in [5.41, 5.74) is 10.4. The minimum atomic E-state index is -0.405. The smallest absolute Gasteiger partial charge is 0.222 e. The highest BCUT2D eigenvalue weighted by atomic mass is 16.5. The van der Waals surface area contributed by atoms with Crippen molar-refractivity contribution in [1.29, 1.82) is 0 Å². The third kappa shape index (κ3) is 52.8. The highest BCUT2D eigenvalue weighted by Crippen LogP contribution is 2.27. The lowest BCUT2D eigenvalue weighted by Gasteiger charge is -2.12. The van der Waals surface area contributed by atoms with Crippen molar-refractivity contribution in [2.75, 3.05) is 80.2 Å².